The van der Waals surface area contributed by atoms with E-state index in [0.717, 1.165) is 12.8 Å². The summed E-state index contributed by atoms with van der Waals surface area (Å²) in [5, 5.41) is 9.63. The monoisotopic (exact) mass is 268 g/mol. The largest absolute Gasteiger partial charge is 0.458 e. The molecule has 0 amide bonds. The third-order valence-corrected chi connectivity index (χ3v) is 2.69. The van der Waals surface area contributed by atoms with Crippen molar-refractivity contribution in [2.45, 2.75) is 51.4 Å². The fourth-order valence-corrected chi connectivity index (χ4v) is 1.73. The van der Waals surface area contributed by atoms with Crippen molar-refractivity contribution in [3.05, 3.63) is 24.3 Å². The van der Waals surface area contributed by atoms with Crippen LogP contribution in [0.4, 0.5) is 0 Å². The van der Waals surface area contributed by atoms with Gasteiger partial charge in [0.25, 0.3) is 0 Å². The van der Waals surface area contributed by atoms with Gasteiger partial charge in [0.1, 0.15) is 18.3 Å². The fraction of sp³-hybridized carbons (Fsp3) is 0.571. The molecule has 0 saturated carbocycles. The fourth-order valence-electron chi connectivity index (χ4n) is 1.73. The summed E-state index contributed by atoms with van der Waals surface area (Å²) < 4.78 is 10.1. The van der Waals surface area contributed by atoms with Gasteiger partial charge in [-0.25, -0.2) is 4.79 Å². The molecule has 106 valence electrons. The van der Waals surface area contributed by atoms with Gasteiger partial charge < -0.3 is 14.6 Å². The third-order valence-electron chi connectivity index (χ3n) is 2.69. The number of aliphatic hydroxyl groups excluding tert-OH is 1. The van der Waals surface area contributed by atoms with Gasteiger partial charge >= 0.3 is 11.9 Å². The SMILES string of the molecule is CCCC[C@@H](/C=C\[C@@H]1OC(=O)C=C[C@@H]1O)OC(C)=O. The van der Waals surface area contributed by atoms with Crippen LogP contribution in [-0.4, -0.2) is 35.4 Å². The minimum Gasteiger partial charge on any atom is -0.458 e. The van der Waals surface area contributed by atoms with Gasteiger partial charge in [0, 0.05) is 13.0 Å². The first-order chi connectivity index (χ1) is 9.02. The highest BCUT2D eigenvalue weighted by Gasteiger charge is 2.22. The number of hydrogen-bond donors (Lipinski definition) is 1. The number of rotatable bonds is 6. The molecule has 19 heavy (non-hydrogen) atoms. The van der Waals surface area contributed by atoms with E-state index in [-0.39, 0.29) is 12.1 Å². The van der Waals surface area contributed by atoms with Crippen LogP contribution in [-0.2, 0) is 19.1 Å². The van der Waals surface area contributed by atoms with Gasteiger partial charge in [0.05, 0.1) is 0 Å². The van der Waals surface area contributed by atoms with Crippen molar-refractivity contribution >= 4 is 11.9 Å². The molecule has 1 heterocycles. The highest BCUT2D eigenvalue weighted by atomic mass is 16.6. The molecule has 0 fully saturated rings. The van der Waals surface area contributed by atoms with Gasteiger partial charge in [0.15, 0.2) is 0 Å². The van der Waals surface area contributed by atoms with E-state index in [1.165, 1.54) is 19.1 Å². The van der Waals surface area contributed by atoms with Gasteiger partial charge in [-0.3, -0.25) is 4.79 Å². The average Bonchev–Trinajstić information content (AvgIpc) is 2.36. The van der Waals surface area contributed by atoms with E-state index in [9.17, 15) is 14.7 Å². The second-order valence-corrected chi connectivity index (χ2v) is 4.43. The maximum absolute atomic E-state index is 11.1. The Labute approximate surface area is 112 Å². The minimum absolute atomic E-state index is 0.353. The Morgan fingerprint density at radius 1 is 1.63 bits per heavy atom. The molecule has 5 heteroatoms. The van der Waals surface area contributed by atoms with Crippen LogP contribution in [0.25, 0.3) is 0 Å². The summed E-state index contributed by atoms with van der Waals surface area (Å²) in [6, 6.07) is 0. The second kappa shape index (κ2) is 7.74. The zero-order valence-corrected chi connectivity index (χ0v) is 11.2. The lowest BCUT2D eigenvalue weighted by Crippen LogP contribution is -2.31. The van der Waals surface area contributed by atoms with Crippen LogP contribution >= 0.6 is 0 Å². The van der Waals surface area contributed by atoms with Gasteiger partial charge in [-0.1, -0.05) is 13.3 Å². The van der Waals surface area contributed by atoms with Crippen molar-refractivity contribution in [1.29, 1.82) is 0 Å². The number of hydrogen-bond acceptors (Lipinski definition) is 5. The first-order valence-electron chi connectivity index (χ1n) is 6.45. The van der Waals surface area contributed by atoms with Crippen LogP contribution in [0.3, 0.4) is 0 Å². The topological polar surface area (TPSA) is 72.8 Å². The average molecular weight is 268 g/mol. The van der Waals surface area contributed by atoms with E-state index in [0.29, 0.717) is 6.42 Å². The van der Waals surface area contributed by atoms with Gasteiger partial charge in [-0.05, 0) is 31.1 Å². The van der Waals surface area contributed by atoms with Crippen molar-refractivity contribution in [3.8, 4) is 0 Å². The summed E-state index contributed by atoms with van der Waals surface area (Å²) in [4.78, 5) is 22.1. The molecule has 0 aliphatic carbocycles. The lowest BCUT2D eigenvalue weighted by Gasteiger charge is -2.21. The molecule has 0 unspecified atom stereocenters. The molecule has 1 aliphatic rings. The molecule has 0 aromatic carbocycles. The third kappa shape index (κ3) is 5.70. The summed E-state index contributed by atoms with van der Waals surface area (Å²) in [7, 11) is 0. The van der Waals surface area contributed by atoms with Crippen LogP contribution < -0.4 is 0 Å². The Morgan fingerprint density at radius 3 is 3.00 bits per heavy atom. The van der Waals surface area contributed by atoms with E-state index >= 15 is 0 Å². The van der Waals surface area contributed by atoms with Crippen LogP contribution in [0.5, 0.6) is 0 Å². The van der Waals surface area contributed by atoms with Gasteiger partial charge in [-0.15, -0.1) is 0 Å². The molecular weight excluding hydrogens is 248 g/mol. The van der Waals surface area contributed by atoms with Gasteiger partial charge in [0.2, 0.25) is 0 Å². The summed E-state index contributed by atoms with van der Waals surface area (Å²) in [5.74, 6) is -0.843. The molecule has 5 nitrogen and oxygen atoms in total. The lowest BCUT2D eigenvalue weighted by atomic mass is 10.1. The maximum Gasteiger partial charge on any atom is 0.331 e. The first kappa shape index (κ1) is 15.4. The zero-order valence-electron chi connectivity index (χ0n) is 11.2. The van der Waals surface area contributed by atoms with Crippen molar-refractivity contribution in [2.24, 2.45) is 0 Å². The predicted octanol–water partition coefficient (Wildman–Crippen LogP) is 1.51. The molecule has 0 saturated heterocycles. The Bertz CT molecular complexity index is 372. The van der Waals surface area contributed by atoms with Gasteiger partial charge in [-0.2, -0.15) is 0 Å². The normalized spacial score (nSPS) is 24.3. The second-order valence-electron chi connectivity index (χ2n) is 4.43. The van der Waals surface area contributed by atoms with Crippen LogP contribution in [0.15, 0.2) is 24.3 Å². The molecule has 0 bridgehead atoms. The number of unbranched alkanes of at least 4 members (excludes halogenated alkanes) is 1. The summed E-state index contributed by atoms with van der Waals surface area (Å²) in [6.45, 7) is 3.40. The number of carbonyl (C=O) groups is 2. The van der Waals surface area contributed by atoms with Crippen LogP contribution in [0.1, 0.15) is 33.1 Å². The van der Waals surface area contributed by atoms with E-state index in [4.69, 9.17) is 9.47 Å². The molecule has 0 spiro atoms. The maximum atomic E-state index is 11.1. The van der Waals surface area contributed by atoms with E-state index < -0.39 is 18.2 Å². The molecule has 0 aromatic heterocycles. The summed E-state index contributed by atoms with van der Waals surface area (Å²) >= 11 is 0. The van der Waals surface area contributed by atoms with Crippen molar-refractivity contribution in [2.75, 3.05) is 0 Å². The molecule has 1 aliphatic heterocycles. The number of aliphatic hydroxyl groups is 1. The molecular formula is C14H20O5. The Kier molecular flexibility index (Phi) is 6.29. The van der Waals surface area contributed by atoms with E-state index in [2.05, 4.69) is 0 Å². The van der Waals surface area contributed by atoms with E-state index in [1.807, 2.05) is 6.92 Å². The smallest absolute Gasteiger partial charge is 0.331 e. The molecule has 0 radical (unpaired) electrons. The molecule has 3 atom stereocenters. The minimum atomic E-state index is -0.863. The first-order valence-corrected chi connectivity index (χ1v) is 6.45. The lowest BCUT2D eigenvalue weighted by molar-refractivity contribution is -0.147. The van der Waals surface area contributed by atoms with Crippen LogP contribution in [0.2, 0.25) is 0 Å². The number of cyclic esters (lactones) is 1. The number of carbonyl (C=O) groups excluding carboxylic acids is 2. The zero-order chi connectivity index (χ0) is 14.3. The van der Waals surface area contributed by atoms with Crippen molar-refractivity contribution < 1.29 is 24.2 Å². The quantitative estimate of drug-likeness (QED) is 0.584. The Balaban J connectivity index is 2.60. The Morgan fingerprint density at radius 2 is 2.37 bits per heavy atom. The highest BCUT2D eigenvalue weighted by molar-refractivity contribution is 5.83. The molecule has 0 aromatic rings. The Hall–Kier alpha value is -1.62. The van der Waals surface area contributed by atoms with E-state index in [1.54, 1.807) is 12.2 Å². The molecule has 1 N–H and O–H groups in total. The van der Waals surface area contributed by atoms with Crippen molar-refractivity contribution in [3.63, 3.8) is 0 Å². The summed E-state index contributed by atoms with van der Waals surface area (Å²) in [6.07, 6.45) is 6.49. The highest BCUT2D eigenvalue weighted by Crippen LogP contribution is 2.13. The van der Waals surface area contributed by atoms with Crippen LogP contribution in [0, 0.1) is 0 Å². The summed E-state index contributed by atoms with van der Waals surface area (Å²) in [5.41, 5.74) is 0. The standard InChI is InChI=1S/C14H20O5/c1-3-4-5-11(18-10(2)15)6-8-13-12(16)7-9-14(17)19-13/h6-9,11-13,16H,3-5H2,1-2H3/b8-6-/t11-,12-,13-/m0/s1. The number of esters is 2. The molecule has 1 rings (SSSR count). The number of ether oxygens (including phenoxy) is 2. The predicted molar refractivity (Wildman–Crippen MR) is 69.2 cm³/mol. The van der Waals surface area contributed by atoms with Crippen molar-refractivity contribution in [1.82, 2.24) is 0 Å².